The van der Waals surface area contributed by atoms with Crippen LogP contribution in [0.25, 0.3) is 0 Å². The van der Waals surface area contributed by atoms with Crippen molar-refractivity contribution in [1.29, 1.82) is 0 Å². The number of rotatable bonds is 4. The largest absolute Gasteiger partial charge is 0.340 e. The Morgan fingerprint density at radius 1 is 1.00 bits per heavy atom. The number of carbonyl (C=O) groups is 1. The minimum Gasteiger partial charge on any atom is -0.340 e. The molecule has 150 valence electrons. The van der Waals surface area contributed by atoms with Gasteiger partial charge in [-0.05, 0) is 35.9 Å². The highest BCUT2D eigenvalue weighted by molar-refractivity contribution is 7.89. The van der Waals surface area contributed by atoms with Crippen LogP contribution in [-0.4, -0.2) is 49.7 Å². The molecule has 1 heterocycles. The van der Waals surface area contributed by atoms with E-state index in [4.69, 9.17) is 23.2 Å². The van der Waals surface area contributed by atoms with Gasteiger partial charge in [0.05, 0.1) is 6.42 Å². The van der Waals surface area contributed by atoms with Gasteiger partial charge >= 0.3 is 0 Å². The smallest absolute Gasteiger partial charge is 0.246 e. The summed E-state index contributed by atoms with van der Waals surface area (Å²) in [7, 11) is -4.19. The van der Waals surface area contributed by atoms with Gasteiger partial charge in [-0.15, -0.1) is 0 Å². The van der Waals surface area contributed by atoms with E-state index in [-0.39, 0.29) is 38.5 Å². The lowest BCUT2D eigenvalue weighted by Gasteiger charge is -2.34. The molecule has 0 saturated carbocycles. The summed E-state index contributed by atoms with van der Waals surface area (Å²) in [5.74, 6) is -2.07. The number of benzene rings is 2. The molecule has 1 aliphatic rings. The van der Waals surface area contributed by atoms with Gasteiger partial charge in [-0.2, -0.15) is 4.31 Å². The van der Waals surface area contributed by atoms with Crippen molar-refractivity contribution in [3.63, 3.8) is 0 Å². The molecule has 0 unspecified atom stereocenters. The number of carbonyl (C=O) groups excluding carboxylic acids is 1. The lowest BCUT2D eigenvalue weighted by atomic mass is 10.1. The number of sulfonamides is 1. The summed E-state index contributed by atoms with van der Waals surface area (Å²) >= 11 is 11.9. The zero-order valence-corrected chi connectivity index (χ0v) is 16.9. The minimum atomic E-state index is -4.19. The zero-order chi connectivity index (χ0) is 20.5. The Labute approximate surface area is 171 Å². The number of hydrogen-bond acceptors (Lipinski definition) is 3. The maximum Gasteiger partial charge on any atom is 0.246 e. The molecule has 0 aliphatic carbocycles. The average molecular weight is 449 g/mol. The Morgan fingerprint density at radius 2 is 1.68 bits per heavy atom. The Bertz CT molecular complexity index is 1010. The maximum absolute atomic E-state index is 13.9. The summed E-state index contributed by atoms with van der Waals surface area (Å²) in [4.78, 5) is 13.3. The van der Waals surface area contributed by atoms with Gasteiger partial charge in [0.1, 0.15) is 16.5 Å². The van der Waals surface area contributed by atoms with Gasteiger partial charge in [-0.25, -0.2) is 17.2 Å². The monoisotopic (exact) mass is 448 g/mol. The van der Waals surface area contributed by atoms with Crippen molar-refractivity contribution >= 4 is 39.1 Å². The first-order chi connectivity index (χ1) is 13.2. The lowest BCUT2D eigenvalue weighted by molar-refractivity contribution is -0.131. The van der Waals surface area contributed by atoms with Crippen LogP contribution in [-0.2, 0) is 21.2 Å². The SMILES string of the molecule is O=C(Cc1ccc(Cl)cc1Cl)N1CCN(S(=O)(=O)c2cc(F)ccc2F)CC1. The van der Waals surface area contributed by atoms with Gasteiger partial charge in [0.15, 0.2) is 0 Å². The normalized spacial score (nSPS) is 15.6. The van der Waals surface area contributed by atoms with E-state index in [0.717, 1.165) is 16.4 Å². The van der Waals surface area contributed by atoms with Crippen LogP contribution in [0.1, 0.15) is 5.56 Å². The van der Waals surface area contributed by atoms with E-state index in [2.05, 4.69) is 0 Å². The fourth-order valence-corrected chi connectivity index (χ4v) is 4.91. The highest BCUT2D eigenvalue weighted by atomic mass is 35.5. The first-order valence-electron chi connectivity index (χ1n) is 8.35. The van der Waals surface area contributed by atoms with E-state index < -0.39 is 26.6 Å². The van der Waals surface area contributed by atoms with Gasteiger partial charge in [-0.1, -0.05) is 29.3 Å². The summed E-state index contributed by atoms with van der Waals surface area (Å²) in [5.41, 5.74) is 0.618. The first-order valence-corrected chi connectivity index (χ1v) is 10.5. The number of piperazine rings is 1. The molecule has 0 spiro atoms. The van der Waals surface area contributed by atoms with Crippen LogP contribution in [0.2, 0.25) is 10.0 Å². The molecular formula is C18H16Cl2F2N2O3S. The van der Waals surface area contributed by atoms with E-state index >= 15 is 0 Å². The Morgan fingerprint density at radius 3 is 2.32 bits per heavy atom. The van der Waals surface area contributed by atoms with Crippen LogP contribution in [0.3, 0.4) is 0 Å². The van der Waals surface area contributed by atoms with Crippen LogP contribution in [0.4, 0.5) is 8.78 Å². The second-order valence-corrected chi connectivity index (χ2v) is 9.02. The predicted molar refractivity (Wildman–Crippen MR) is 102 cm³/mol. The van der Waals surface area contributed by atoms with Gasteiger partial charge in [0, 0.05) is 36.2 Å². The second-order valence-electron chi connectivity index (χ2n) is 6.27. The number of halogens is 4. The summed E-state index contributed by atoms with van der Waals surface area (Å²) in [5, 5.41) is 0.841. The fraction of sp³-hybridized carbons (Fsp3) is 0.278. The van der Waals surface area contributed by atoms with Crippen molar-refractivity contribution in [2.75, 3.05) is 26.2 Å². The molecule has 3 rings (SSSR count). The molecule has 1 aliphatic heterocycles. The molecule has 28 heavy (non-hydrogen) atoms. The molecule has 0 N–H and O–H groups in total. The van der Waals surface area contributed by atoms with E-state index in [1.807, 2.05) is 0 Å². The molecule has 2 aromatic rings. The summed E-state index contributed by atoms with van der Waals surface area (Å²) < 4.78 is 53.5. The summed E-state index contributed by atoms with van der Waals surface area (Å²) in [6, 6.07) is 7.13. The fourth-order valence-electron chi connectivity index (χ4n) is 2.93. The highest BCUT2D eigenvalue weighted by Gasteiger charge is 2.32. The maximum atomic E-state index is 13.9. The van der Waals surface area contributed by atoms with Crippen molar-refractivity contribution in [2.24, 2.45) is 0 Å². The van der Waals surface area contributed by atoms with E-state index in [0.29, 0.717) is 21.7 Å². The third-order valence-corrected chi connectivity index (χ3v) is 6.96. The molecular weight excluding hydrogens is 433 g/mol. The van der Waals surface area contributed by atoms with Crippen LogP contribution >= 0.6 is 23.2 Å². The van der Waals surface area contributed by atoms with E-state index in [9.17, 15) is 22.0 Å². The van der Waals surface area contributed by atoms with Crippen molar-refractivity contribution in [3.05, 3.63) is 63.6 Å². The molecule has 2 aromatic carbocycles. The molecule has 0 atom stereocenters. The van der Waals surface area contributed by atoms with Crippen LogP contribution in [0.5, 0.6) is 0 Å². The van der Waals surface area contributed by atoms with Gasteiger partial charge < -0.3 is 4.90 Å². The van der Waals surface area contributed by atoms with E-state index in [1.165, 1.54) is 4.90 Å². The molecule has 1 saturated heterocycles. The molecule has 1 fully saturated rings. The van der Waals surface area contributed by atoms with Crippen molar-refractivity contribution < 1.29 is 22.0 Å². The van der Waals surface area contributed by atoms with Crippen molar-refractivity contribution in [2.45, 2.75) is 11.3 Å². The van der Waals surface area contributed by atoms with Crippen molar-refractivity contribution in [1.82, 2.24) is 9.21 Å². The predicted octanol–water partition coefficient (Wildman–Crippen LogP) is 3.35. The molecule has 5 nitrogen and oxygen atoms in total. The second kappa shape index (κ2) is 8.32. The van der Waals surface area contributed by atoms with Crippen LogP contribution in [0.15, 0.2) is 41.3 Å². The lowest BCUT2D eigenvalue weighted by Crippen LogP contribution is -2.51. The Hall–Kier alpha value is -1.74. The summed E-state index contributed by atoms with van der Waals surface area (Å²) in [6.07, 6.45) is 0.0568. The Kier molecular flexibility index (Phi) is 6.24. The zero-order valence-electron chi connectivity index (χ0n) is 14.5. The number of hydrogen-bond donors (Lipinski definition) is 0. The van der Waals surface area contributed by atoms with E-state index in [1.54, 1.807) is 18.2 Å². The minimum absolute atomic E-state index is 0.0155. The van der Waals surface area contributed by atoms with Gasteiger partial charge in [0.25, 0.3) is 0 Å². The third kappa shape index (κ3) is 4.46. The number of amides is 1. The Balaban J connectivity index is 1.66. The topological polar surface area (TPSA) is 57.7 Å². The molecule has 0 bridgehead atoms. The van der Waals surface area contributed by atoms with Gasteiger partial charge in [0.2, 0.25) is 15.9 Å². The average Bonchev–Trinajstić information content (AvgIpc) is 2.66. The molecule has 0 aromatic heterocycles. The van der Waals surface area contributed by atoms with Crippen LogP contribution < -0.4 is 0 Å². The molecule has 10 heteroatoms. The molecule has 0 radical (unpaired) electrons. The summed E-state index contributed by atoms with van der Waals surface area (Å²) in [6.45, 7) is 0.247. The van der Waals surface area contributed by atoms with Crippen molar-refractivity contribution in [3.8, 4) is 0 Å². The quantitative estimate of drug-likeness (QED) is 0.720. The standard InChI is InChI=1S/C18H16Cl2F2N2O3S/c19-13-2-1-12(15(20)10-13)9-18(25)23-5-7-24(8-6-23)28(26,27)17-11-14(21)3-4-16(17)22/h1-4,10-11H,5-9H2. The first kappa shape index (κ1) is 21.0. The van der Waals surface area contributed by atoms with Crippen LogP contribution in [0, 0.1) is 11.6 Å². The van der Waals surface area contributed by atoms with Gasteiger partial charge in [-0.3, -0.25) is 4.79 Å². The highest BCUT2D eigenvalue weighted by Crippen LogP contribution is 2.24. The third-order valence-electron chi connectivity index (χ3n) is 4.46. The molecule has 1 amide bonds. The number of nitrogens with zero attached hydrogens (tertiary/aromatic N) is 2.